The Labute approximate surface area is 78.5 Å². The van der Waals surface area contributed by atoms with Crippen LogP contribution in [0.5, 0.6) is 0 Å². The molecule has 0 aliphatic rings. The third kappa shape index (κ3) is 1.63. The van der Waals surface area contributed by atoms with Crippen molar-refractivity contribution in [1.29, 1.82) is 0 Å². The molecule has 0 unspecified atom stereocenters. The van der Waals surface area contributed by atoms with E-state index < -0.39 is 5.97 Å². The number of fused-ring (bicyclic) bond motifs is 1. The molecule has 2 N–H and O–H groups in total. The Morgan fingerprint density at radius 2 is 2.43 bits per heavy atom. The van der Waals surface area contributed by atoms with Crippen molar-refractivity contribution >= 4 is 22.9 Å². The molecule has 0 spiro atoms. The summed E-state index contributed by atoms with van der Waals surface area (Å²) >= 11 is 0. The summed E-state index contributed by atoms with van der Waals surface area (Å²) in [6, 6.07) is 3.42. The SMILES string of the molecule is O=C(O)CNc1ccc2cnoc2n1. The van der Waals surface area contributed by atoms with Crippen molar-refractivity contribution < 1.29 is 14.4 Å². The lowest BCUT2D eigenvalue weighted by atomic mass is 10.3. The predicted octanol–water partition coefficient (Wildman–Crippen LogP) is 0.719. The molecule has 0 bridgehead atoms. The number of aromatic nitrogens is 2. The van der Waals surface area contributed by atoms with Gasteiger partial charge >= 0.3 is 5.97 Å². The van der Waals surface area contributed by atoms with Crippen molar-refractivity contribution in [3.8, 4) is 0 Å². The average molecular weight is 193 g/mol. The molecule has 0 atom stereocenters. The van der Waals surface area contributed by atoms with E-state index in [2.05, 4.69) is 15.5 Å². The Hall–Kier alpha value is -2.11. The van der Waals surface area contributed by atoms with Crippen LogP contribution >= 0.6 is 0 Å². The lowest BCUT2D eigenvalue weighted by Gasteiger charge is -2.00. The number of carboxylic acids is 1. The number of nitrogens with zero attached hydrogens (tertiary/aromatic N) is 2. The molecular formula is C8H7N3O3. The summed E-state index contributed by atoms with van der Waals surface area (Å²) < 4.78 is 4.82. The van der Waals surface area contributed by atoms with E-state index in [0.29, 0.717) is 11.5 Å². The quantitative estimate of drug-likeness (QED) is 0.746. The summed E-state index contributed by atoms with van der Waals surface area (Å²) in [6.07, 6.45) is 1.54. The molecule has 6 heteroatoms. The van der Waals surface area contributed by atoms with E-state index in [1.165, 1.54) is 0 Å². The standard InChI is InChI=1S/C8H7N3O3/c12-7(13)4-9-6-2-1-5-3-10-14-8(5)11-6/h1-3H,4H2,(H,9,11)(H,12,13). The summed E-state index contributed by atoms with van der Waals surface area (Å²) in [6.45, 7) is -0.174. The predicted molar refractivity (Wildman–Crippen MR) is 47.9 cm³/mol. The molecule has 0 amide bonds. The second kappa shape index (κ2) is 3.33. The van der Waals surface area contributed by atoms with Crippen LogP contribution in [0.4, 0.5) is 5.82 Å². The lowest BCUT2D eigenvalue weighted by molar-refractivity contribution is -0.134. The van der Waals surface area contributed by atoms with Crippen LogP contribution in [0.25, 0.3) is 11.1 Å². The van der Waals surface area contributed by atoms with Gasteiger partial charge in [-0.15, -0.1) is 0 Å². The monoisotopic (exact) mass is 193 g/mol. The van der Waals surface area contributed by atoms with Gasteiger partial charge in [0.2, 0.25) is 0 Å². The topological polar surface area (TPSA) is 88.2 Å². The molecule has 2 heterocycles. The number of hydrogen-bond donors (Lipinski definition) is 2. The maximum Gasteiger partial charge on any atom is 0.322 e. The second-order valence-corrected chi connectivity index (χ2v) is 2.66. The number of carbonyl (C=O) groups is 1. The number of anilines is 1. The van der Waals surface area contributed by atoms with E-state index in [1.807, 2.05) is 0 Å². The van der Waals surface area contributed by atoms with Gasteiger partial charge in [0.25, 0.3) is 5.71 Å². The van der Waals surface area contributed by atoms with Crippen molar-refractivity contribution in [2.75, 3.05) is 11.9 Å². The van der Waals surface area contributed by atoms with Gasteiger partial charge in [0, 0.05) is 0 Å². The molecule has 14 heavy (non-hydrogen) atoms. The molecule has 6 nitrogen and oxygen atoms in total. The number of hydrogen-bond acceptors (Lipinski definition) is 5. The molecule has 0 saturated heterocycles. The van der Waals surface area contributed by atoms with Crippen molar-refractivity contribution in [2.45, 2.75) is 0 Å². The van der Waals surface area contributed by atoms with Gasteiger partial charge in [-0.25, -0.2) is 0 Å². The Kier molecular flexibility index (Phi) is 2.02. The van der Waals surface area contributed by atoms with Crippen LogP contribution in [-0.2, 0) is 4.79 Å². The minimum absolute atomic E-state index is 0.174. The van der Waals surface area contributed by atoms with Crippen LogP contribution < -0.4 is 5.32 Å². The molecule has 2 rings (SSSR count). The Balaban J connectivity index is 2.21. The molecule has 0 aliphatic heterocycles. The van der Waals surface area contributed by atoms with Crippen LogP contribution in [0, 0.1) is 0 Å². The van der Waals surface area contributed by atoms with Crippen LogP contribution in [0.3, 0.4) is 0 Å². The first-order chi connectivity index (χ1) is 6.75. The maximum atomic E-state index is 10.3. The van der Waals surface area contributed by atoms with Gasteiger partial charge in [0.1, 0.15) is 12.4 Å². The zero-order valence-electron chi connectivity index (χ0n) is 7.10. The van der Waals surface area contributed by atoms with E-state index in [0.717, 1.165) is 5.39 Å². The summed E-state index contributed by atoms with van der Waals surface area (Å²) in [4.78, 5) is 14.3. The van der Waals surface area contributed by atoms with Crippen LogP contribution in [0.2, 0.25) is 0 Å². The summed E-state index contributed by atoms with van der Waals surface area (Å²) in [5.41, 5.74) is 0.389. The molecule has 0 aromatic carbocycles. The minimum Gasteiger partial charge on any atom is -0.480 e. The largest absolute Gasteiger partial charge is 0.480 e. The van der Waals surface area contributed by atoms with Crippen LogP contribution in [-0.4, -0.2) is 27.8 Å². The summed E-state index contributed by atoms with van der Waals surface area (Å²) in [7, 11) is 0. The Morgan fingerprint density at radius 1 is 1.57 bits per heavy atom. The smallest absolute Gasteiger partial charge is 0.322 e. The van der Waals surface area contributed by atoms with Gasteiger partial charge < -0.3 is 14.9 Å². The first kappa shape index (κ1) is 8.49. The number of nitrogens with one attached hydrogen (secondary N) is 1. The first-order valence-electron chi connectivity index (χ1n) is 3.93. The number of carboxylic acid groups (broad SMARTS) is 1. The van der Waals surface area contributed by atoms with Gasteiger partial charge in [0.05, 0.1) is 11.6 Å². The van der Waals surface area contributed by atoms with Crippen molar-refractivity contribution in [1.82, 2.24) is 10.1 Å². The van der Waals surface area contributed by atoms with Gasteiger partial charge in [0.15, 0.2) is 0 Å². The third-order valence-corrected chi connectivity index (χ3v) is 1.64. The number of aliphatic carboxylic acids is 1. The first-order valence-corrected chi connectivity index (χ1v) is 3.93. The Morgan fingerprint density at radius 3 is 3.21 bits per heavy atom. The van der Waals surface area contributed by atoms with E-state index in [-0.39, 0.29) is 6.54 Å². The molecule has 0 aliphatic carbocycles. The normalized spacial score (nSPS) is 10.3. The summed E-state index contributed by atoms with van der Waals surface area (Å²) in [5.74, 6) is -0.485. The van der Waals surface area contributed by atoms with Crippen LogP contribution in [0.15, 0.2) is 22.9 Å². The highest BCUT2D eigenvalue weighted by Gasteiger charge is 2.02. The van der Waals surface area contributed by atoms with E-state index in [4.69, 9.17) is 9.63 Å². The fraction of sp³-hybridized carbons (Fsp3) is 0.125. The molecule has 0 saturated carbocycles. The fourth-order valence-corrected chi connectivity index (χ4v) is 1.02. The highest BCUT2D eigenvalue weighted by molar-refractivity contribution is 5.76. The maximum absolute atomic E-state index is 10.3. The Bertz CT molecular complexity index is 466. The van der Waals surface area contributed by atoms with Gasteiger partial charge in [-0.1, -0.05) is 5.16 Å². The second-order valence-electron chi connectivity index (χ2n) is 2.66. The summed E-state index contributed by atoms with van der Waals surface area (Å²) in [5, 5.41) is 15.4. The average Bonchev–Trinajstić information content (AvgIpc) is 2.61. The minimum atomic E-state index is -0.940. The van der Waals surface area contributed by atoms with Crippen LogP contribution in [0.1, 0.15) is 0 Å². The lowest BCUT2D eigenvalue weighted by Crippen LogP contribution is -2.12. The third-order valence-electron chi connectivity index (χ3n) is 1.64. The van der Waals surface area contributed by atoms with Crippen molar-refractivity contribution in [3.63, 3.8) is 0 Å². The van der Waals surface area contributed by atoms with E-state index in [1.54, 1.807) is 18.3 Å². The zero-order chi connectivity index (χ0) is 9.97. The van der Waals surface area contributed by atoms with E-state index >= 15 is 0 Å². The van der Waals surface area contributed by atoms with E-state index in [9.17, 15) is 4.79 Å². The van der Waals surface area contributed by atoms with Gasteiger partial charge in [-0.3, -0.25) is 4.79 Å². The van der Waals surface area contributed by atoms with Crippen molar-refractivity contribution in [2.24, 2.45) is 0 Å². The number of rotatable bonds is 3. The zero-order valence-corrected chi connectivity index (χ0v) is 7.10. The molecule has 2 aromatic heterocycles. The molecular weight excluding hydrogens is 186 g/mol. The molecule has 72 valence electrons. The van der Waals surface area contributed by atoms with Gasteiger partial charge in [-0.05, 0) is 12.1 Å². The van der Waals surface area contributed by atoms with Crippen molar-refractivity contribution in [3.05, 3.63) is 18.3 Å². The highest BCUT2D eigenvalue weighted by atomic mass is 16.5. The van der Waals surface area contributed by atoms with Gasteiger partial charge in [-0.2, -0.15) is 4.98 Å². The number of pyridine rings is 1. The fourth-order valence-electron chi connectivity index (χ4n) is 1.02. The molecule has 2 aromatic rings. The highest BCUT2D eigenvalue weighted by Crippen LogP contribution is 2.13. The molecule has 0 fully saturated rings. The molecule has 0 radical (unpaired) electrons.